The molecule has 0 fully saturated rings. The Labute approximate surface area is 164 Å². The first kappa shape index (κ1) is 19.4. The van der Waals surface area contributed by atoms with Crippen LogP contribution in [0.3, 0.4) is 0 Å². The summed E-state index contributed by atoms with van der Waals surface area (Å²) in [7, 11) is 0. The third-order valence-electron chi connectivity index (χ3n) is 4.57. The number of nitrogens with one attached hydrogen (secondary N) is 1. The maximum absolute atomic E-state index is 12.9. The fourth-order valence-electron chi connectivity index (χ4n) is 3.21. The summed E-state index contributed by atoms with van der Waals surface area (Å²) in [6, 6.07) is 9.61. The molecule has 1 aromatic heterocycles. The molecule has 3 rings (SSSR count). The van der Waals surface area contributed by atoms with Crippen molar-refractivity contribution in [1.82, 2.24) is 10.2 Å². The summed E-state index contributed by atoms with van der Waals surface area (Å²) >= 11 is 1.77. The van der Waals surface area contributed by atoms with Crippen molar-refractivity contribution in [3.63, 3.8) is 0 Å². The highest BCUT2D eigenvalue weighted by Gasteiger charge is 2.28. The first-order chi connectivity index (χ1) is 12.7. The Bertz CT molecular complexity index is 821. The minimum absolute atomic E-state index is 0.0472. The molecule has 0 saturated heterocycles. The van der Waals surface area contributed by atoms with Crippen molar-refractivity contribution < 1.29 is 14.3 Å². The molecule has 0 aliphatic carbocycles. The molecule has 2 amide bonds. The molecule has 0 radical (unpaired) electrons. The minimum atomic E-state index is -0.520. The molecule has 0 unspecified atom stereocenters. The molecule has 1 aliphatic rings. The van der Waals surface area contributed by atoms with Gasteiger partial charge in [0.15, 0.2) is 0 Å². The predicted octanol–water partition coefficient (Wildman–Crippen LogP) is 4.53. The molecular weight excluding hydrogens is 360 g/mol. The van der Waals surface area contributed by atoms with E-state index < -0.39 is 11.7 Å². The Morgan fingerprint density at radius 1 is 1.22 bits per heavy atom. The Balaban J connectivity index is 1.60. The van der Waals surface area contributed by atoms with Gasteiger partial charge in [-0.2, -0.15) is 0 Å². The van der Waals surface area contributed by atoms with E-state index in [4.69, 9.17) is 4.74 Å². The Kier molecular flexibility index (Phi) is 5.56. The zero-order valence-corrected chi connectivity index (χ0v) is 17.1. The summed E-state index contributed by atoms with van der Waals surface area (Å²) in [6.45, 7) is 8.67. The first-order valence-corrected chi connectivity index (χ1v) is 10.1. The highest BCUT2D eigenvalue weighted by atomic mass is 32.1. The average Bonchev–Trinajstić information content (AvgIpc) is 3.08. The van der Waals surface area contributed by atoms with Crippen LogP contribution in [-0.4, -0.2) is 29.0 Å². The fourth-order valence-corrected chi connectivity index (χ4v) is 4.17. The number of amides is 2. The number of thiophene rings is 1. The zero-order valence-electron chi connectivity index (χ0n) is 16.2. The number of nitrogens with zero attached hydrogens (tertiary/aromatic N) is 1. The van der Waals surface area contributed by atoms with Crippen LogP contribution < -0.4 is 5.32 Å². The van der Waals surface area contributed by atoms with Gasteiger partial charge in [-0.1, -0.05) is 12.1 Å². The molecule has 27 heavy (non-hydrogen) atoms. The van der Waals surface area contributed by atoms with Crippen LogP contribution in [0.15, 0.2) is 35.7 Å². The van der Waals surface area contributed by atoms with Gasteiger partial charge in [0, 0.05) is 23.5 Å². The summed E-state index contributed by atoms with van der Waals surface area (Å²) in [6.07, 6.45) is 0.470. The highest BCUT2D eigenvalue weighted by Crippen LogP contribution is 2.33. The maximum atomic E-state index is 12.9. The lowest BCUT2D eigenvalue weighted by molar-refractivity contribution is 0.0523. The van der Waals surface area contributed by atoms with Gasteiger partial charge in [-0.3, -0.25) is 4.79 Å². The number of alkyl carbamates (subject to hydrolysis) is 1. The number of carbonyl (C=O) groups excluding carboxylic acids is 2. The number of rotatable bonds is 3. The molecular formula is C21H26N2O3S. The van der Waals surface area contributed by atoms with Gasteiger partial charge in [0.2, 0.25) is 0 Å². The molecule has 1 atom stereocenters. The number of ether oxygens (including phenoxy) is 1. The van der Waals surface area contributed by atoms with E-state index in [1.807, 2.05) is 49.9 Å². The molecule has 1 aromatic carbocycles. The second kappa shape index (κ2) is 7.72. The topological polar surface area (TPSA) is 58.6 Å². The van der Waals surface area contributed by atoms with Crippen molar-refractivity contribution in [3.05, 3.63) is 57.3 Å². The second-order valence-electron chi connectivity index (χ2n) is 7.78. The lowest BCUT2D eigenvalue weighted by atomic mass is 10.00. The molecule has 2 aromatic rings. The lowest BCUT2D eigenvalue weighted by Gasteiger charge is -2.33. The molecule has 2 heterocycles. The van der Waals surface area contributed by atoms with E-state index in [1.165, 1.54) is 10.4 Å². The quantitative estimate of drug-likeness (QED) is 0.843. The highest BCUT2D eigenvalue weighted by molar-refractivity contribution is 7.10. The molecule has 6 heteroatoms. The SMILES string of the molecule is C[C@H]1c2ccsc2CCN1C(=O)c1ccc(CNC(=O)OC(C)(C)C)cc1. The minimum Gasteiger partial charge on any atom is -0.444 e. The van der Waals surface area contributed by atoms with Crippen LogP contribution in [0.1, 0.15) is 60.1 Å². The zero-order chi connectivity index (χ0) is 19.6. The van der Waals surface area contributed by atoms with E-state index in [0.29, 0.717) is 12.1 Å². The van der Waals surface area contributed by atoms with E-state index in [-0.39, 0.29) is 11.9 Å². The summed E-state index contributed by atoms with van der Waals surface area (Å²) in [5.74, 6) is 0.0472. The van der Waals surface area contributed by atoms with Crippen molar-refractivity contribution in [2.45, 2.75) is 52.3 Å². The summed E-state index contributed by atoms with van der Waals surface area (Å²) in [5.41, 5.74) is 2.33. The maximum Gasteiger partial charge on any atom is 0.407 e. The normalized spacial score (nSPS) is 16.6. The van der Waals surface area contributed by atoms with Gasteiger partial charge in [0.25, 0.3) is 5.91 Å². The fraction of sp³-hybridized carbons (Fsp3) is 0.429. The van der Waals surface area contributed by atoms with Gasteiger partial charge in [0.1, 0.15) is 5.60 Å². The van der Waals surface area contributed by atoms with E-state index in [0.717, 1.165) is 18.5 Å². The van der Waals surface area contributed by atoms with Crippen LogP contribution in [0.2, 0.25) is 0 Å². The lowest BCUT2D eigenvalue weighted by Crippen LogP contribution is -2.38. The van der Waals surface area contributed by atoms with Crippen molar-refractivity contribution in [2.24, 2.45) is 0 Å². The molecule has 1 aliphatic heterocycles. The van der Waals surface area contributed by atoms with Crippen molar-refractivity contribution in [1.29, 1.82) is 0 Å². The molecule has 0 spiro atoms. The number of benzene rings is 1. The monoisotopic (exact) mass is 386 g/mol. The summed E-state index contributed by atoms with van der Waals surface area (Å²) < 4.78 is 5.22. The molecule has 0 saturated carbocycles. The van der Waals surface area contributed by atoms with Crippen LogP contribution >= 0.6 is 11.3 Å². The number of fused-ring (bicyclic) bond motifs is 1. The first-order valence-electron chi connectivity index (χ1n) is 9.17. The number of carbonyl (C=O) groups is 2. The van der Waals surface area contributed by atoms with Crippen molar-refractivity contribution in [3.8, 4) is 0 Å². The van der Waals surface area contributed by atoms with Gasteiger partial charge in [-0.05, 0) is 68.8 Å². The van der Waals surface area contributed by atoms with E-state index in [2.05, 4.69) is 23.7 Å². The molecule has 1 N–H and O–H groups in total. The molecule has 0 bridgehead atoms. The van der Waals surface area contributed by atoms with Gasteiger partial charge < -0.3 is 15.0 Å². The standard InChI is InChI=1S/C21H26N2O3S/c1-14-17-10-12-27-18(17)9-11-23(14)19(24)16-7-5-15(6-8-16)13-22-20(25)26-21(2,3)4/h5-8,10,12,14H,9,11,13H2,1-4H3,(H,22,25)/t14-/m0/s1. The van der Waals surface area contributed by atoms with Crippen LogP contribution in [-0.2, 0) is 17.7 Å². The Hall–Kier alpha value is -2.34. The average molecular weight is 387 g/mol. The third kappa shape index (κ3) is 4.69. The largest absolute Gasteiger partial charge is 0.444 e. The number of hydrogen-bond donors (Lipinski definition) is 1. The summed E-state index contributed by atoms with van der Waals surface area (Å²) in [4.78, 5) is 28.0. The van der Waals surface area contributed by atoms with Crippen molar-refractivity contribution >= 4 is 23.3 Å². The summed E-state index contributed by atoms with van der Waals surface area (Å²) in [5, 5.41) is 4.83. The van der Waals surface area contributed by atoms with Gasteiger partial charge in [0.05, 0.1) is 6.04 Å². The smallest absolute Gasteiger partial charge is 0.407 e. The Morgan fingerprint density at radius 2 is 1.93 bits per heavy atom. The van der Waals surface area contributed by atoms with E-state index in [1.54, 1.807) is 11.3 Å². The van der Waals surface area contributed by atoms with E-state index in [9.17, 15) is 9.59 Å². The number of hydrogen-bond acceptors (Lipinski definition) is 4. The van der Waals surface area contributed by atoms with Gasteiger partial charge in [-0.25, -0.2) is 4.79 Å². The van der Waals surface area contributed by atoms with Crippen molar-refractivity contribution in [2.75, 3.05) is 6.54 Å². The van der Waals surface area contributed by atoms with Gasteiger partial charge >= 0.3 is 6.09 Å². The van der Waals surface area contributed by atoms with Crippen LogP contribution in [0.4, 0.5) is 4.79 Å². The van der Waals surface area contributed by atoms with Crippen LogP contribution in [0, 0.1) is 0 Å². The van der Waals surface area contributed by atoms with Crippen LogP contribution in [0.5, 0.6) is 0 Å². The second-order valence-corrected chi connectivity index (χ2v) is 8.78. The molecule has 5 nitrogen and oxygen atoms in total. The predicted molar refractivity (Wildman–Crippen MR) is 107 cm³/mol. The van der Waals surface area contributed by atoms with E-state index >= 15 is 0 Å². The molecule has 144 valence electrons. The van der Waals surface area contributed by atoms with Crippen LogP contribution in [0.25, 0.3) is 0 Å². The third-order valence-corrected chi connectivity index (χ3v) is 5.57. The van der Waals surface area contributed by atoms with Gasteiger partial charge in [-0.15, -0.1) is 11.3 Å². The Morgan fingerprint density at radius 3 is 2.59 bits per heavy atom.